The number of fused-ring (bicyclic) bond motifs is 1. The second-order valence-electron chi connectivity index (χ2n) is 5.36. The lowest BCUT2D eigenvalue weighted by Crippen LogP contribution is -2.59. The summed E-state index contributed by atoms with van der Waals surface area (Å²) in [6.07, 6.45) is 3.32. The molecule has 19 heavy (non-hydrogen) atoms. The number of hydrogen-bond acceptors (Lipinski definition) is 3. The molecule has 1 atom stereocenters. The SMILES string of the molecule is NC1(C(=O)NC2CCSc3ccc(F)cc32)CCC1. The van der Waals surface area contributed by atoms with Crippen molar-refractivity contribution in [1.29, 1.82) is 0 Å². The van der Waals surface area contributed by atoms with Gasteiger partial charge in [0.1, 0.15) is 5.82 Å². The summed E-state index contributed by atoms with van der Waals surface area (Å²) < 4.78 is 13.4. The van der Waals surface area contributed by atoms with Crippen LogP contribution in [0.1, 0.15) is 37.3 Å². The first-order chi connectivity index (χ1) is 9.08. The number of thioether (sulfide) groups is 1. The van der Waals surface area contributed by atoms with Gasteiger partial charge in [0, 0.05) is 10.6 Å². The van der Waals surface area contributed by atoms with Crippen LogP contribution in [0.5, 0.6) is 0 Å². The highest BCUT2D eigenvalue weighted by Gasteiger charge is 2.41. The lowest BCUT2D eigenvalue weighted by atomic mass is 9.77. The maximum Gasteiger partial charge on any atom is 0.240 e. The smallest absolute Gasteiger partial charge is 0.240 e. The molecule has 0 aromatic heterocycles. The minimum Gasteiger partial charge on any atom is -0.348 e. The topological polar surface area (TPSA) is 55.1 Å². The van der Waals surface area contributed by atoms with Gasteiger partial charge in [0.15, 0.2) is 0 Å². The number of nitrogens with two attached hydrogens (primary N) is 1. The van der Waals surface area contributed by atoms with E-state index in [0.29, 0.717) is 0 Å². The van der Waals surface area contributed by atoms with Crippen LogP contribution in [0.4, 0.5) is 4.39 Å². The average molecular weight is 280 g/mol. The predicted molar refractivity (Wildman–Crippen MR) is 73.4 cm³/mol. The van der Waals surface area contributed by atoms with Crippen molar-refractivity contribution in [3.63, 3.8) is 0 Å². The Labute approximate surface area is 116 Å². The van der Waals surface area contributed by atoms with Gasteiger partial charge in [0.05, 0.1) is 11.6 Å². The molecule has 1 amide bonds. The normalized spacial score (nSPS) is 24.2. The number of rotatable bonds is 2. The monoisotopic (exact) mass is 280 g/mol. The highest BCUT2D eigenvalue weighted by atomic mass is 32.2. The molecule has 1 aliphatic carbocycles. The molecule has 1 unspecified atom stereocenters. The predicted octanol–water partition coefficient (Wildman–Crippen LogP) is 2.36. The molecule has 1 aliphatic heterocycles. The first-order valence-electron chi connectivity index (χ1n) is 6.61. The zero-order valence-electron chi connectivity index (χ0n) is 10.6. The fourth-order valence-electron chi connectivity index (χ4n) is 2.60. The molecule has 1 aromatic rings. The minimum atomic E-state index is -0.696. The number of carbonyl (C=O) groups is 1. The number of hydrogen-bond donors (Lipinski definition) is 2. The van der Waals surface area contributed by atoms with Crippen LogP contribution < -0.4 is 11.1 Å². The zero-order chi connectivity index (χ0) is 13.5. The van der Waals surface area contributed by atoms with Crippen LogP contribution in [-0.2, 0) is 4.79 Å². The van der Waals surface area contributed by atoms with Gasteiger partial charge in [-0.15, -0.1) is 11.8 Å². The van der Waals surface area contributed by atoms with Gasteiger partial charge in [0.25, 0.3) is 0 Å². The quantitative estimate of drug-likeness (QED) is 0.874. The van der Waals surface area contributed by atoms with E-state index in [0.717, 1.165) is 41.9 Å². The van der Waals surface area contributed by atoms with E-state index in [2.05, 4.69) is 5.32 Å². The number of nitrogens with one attached hydrogen (secondary N) is 1. The van der Waals surface area contributed by atoms with Crippen molar-refractivity contribution in [3.05, 3.63) is 29.6 Å². The van der Waals surface area contributed by atoms with Crippen molar-refractivity contribution >= 4 is 17.7 Å². The fraction of sp³-hybridized carbons (Fsp3) is 0.500. The Morgan fingerprint density at radius 2 is 2.26 bits per heavy atom. The largest absolute Gasteiger partial charge is 0.348 e. The number of benzene rings is 1. The molecular weight excluding hydrogens is 263 g/mol. The van der Waals surface area contributed by atoms with Crippen LogP contribution in [0, 0.1) is 5.82 Å². The van der Waals surface area contributed by atoms with E-state index in [1.807, 2.05) is 0 Å². The molecule has 3 N–H and O–H groups in total. The van der Waals surface area contributed by atoms with Crippen LogP contribution in [-0.4, -0.2) is 17.2 Å². The summed E-state index contributed by atoms with van der Waals surface area (Å²) in [7, 11) is 0. The average Bonchev–Trinajstić information content (AvgIpc) is 2.36. The van der Waals surface area contributed by atoms with Crippen molar-refractivity contribution in [2.24, 2.45) is 5.73 Å². The van der Waals surface area contributed by atoms with Gasteiger partial charge in [-0.2, -0.15) is 0 Å². The first-order valence-corrected chi connectivity index (χ1v) is 7.59. The molecule has 1 aromatic carbocycles. The number of amides is 1. The number of carbonyl (C=O) groups excluding carboxylic acids is 1. The van der Waals surface area contributed by atoms with E-state index >= 15 is 0 Å². The molecule has 3 rings (SSSR count). The van der Waals surface area contributed by atoms with Gasteiger partial charge in [-0.3, -0.25) is 4.79 Å². The lowest BCUT2D eigenvalue weighted by molar-refractivity contribution is -0.130. The Bertz CT molecular complexity index is 516. The molecule has 1 heterocycles. The Hall–Kier alpha value is -1.07. The van der Waals surface area contributed by atoms with E-state index < -0.39 is 5.54 Å². The Kier molecular flexibility index (Phi) is 3.27. The van der Waals surface area contributed by atoms with Crippen LogP contribution in [0.3, 0.4) is 0 Å². The third-order valence-corrected chi connectivity index (χ3v) is 5.14. The summed E-state index contributed by atoms with van der Waals surface area (Å²) >= 11 is 1.71. The molecule has 2 aliphatic rings. The molecule has 1 saturated carbocycles. The van der Waals surface area contributed by atoms with Crippen molar-refractivity contribution in [1.82, 2.24) is 5.32 Å². The van der Waals surface area contributed by atoms with Gasteiger partial charge < -0.3 is 11.1 Å². The molecule has 102 valence electrons. The van der Waals surface area contributed by atoms with Crippen molar-refractivity contribution in [2.45, 2.75) is 42.2 Å². The third-order valence-electron chi connectivity index (χ3n) is 4.01. The molecular formula is C14H17FN2OS. The highest BCUT2D eigenvalue weighted by molar-refractivity contribution is 7.99. The van der Waals surface area contributed by atoms with E-state index in [1.54, 1.807) is 17.8 Å². The van der Waals surface area contributed by atoms with Crippen molar-refractivity contribution in [3.8, 4) is 0 Å². The van der Waals surface area contributed by atoms with Crippen LogP contribution in [0.15, 0.2) is 23.1 Å². The first kappa shape index (κ1) is 12.9. The summed E-state index contributed by atoms with van der Waals surface area (Å²) in [4.78, 5) is 13.2. The molecule has 0 radical (unpaired) electrons. The van der Waals surface area contributed by atoms with Crippen molar-refractivity contribution < 1.29 is 9.18 Å². The second kappa shape index (κ2) is 4.80. The molecule has 0 spiro atoms. The van der Waals surface area contributed by atoms with E-state index in [1.165, 1.54) is 12.1 Å². The summed E-state index contributed by atoms with van der Waals surface area (Å²) in [5.41, 5.74) is 6.21. The second-order valence-corrected chi connectivity index (χ2v) is 6.49. The minimum absolute atomic E-state index is 0.0918. The van der Waals surface area contributed by atoms with Gasteiger partial charge in [0.2, 0.25) is 5.91 Å². The number of halogens is 1. The zero-order valence-corrected chi connectivity index (χ0v) is 11.4. The maximum absolute atomic E-state index is 13.4. The van der Waals surface area contributed by atoms with Gasteiger partial charge in [-0.05, 0) is 49.4 Å². The standard InChI is InChI=1S/C14H17FN2OS/c15-9-2-3-12-10(8-9)11(4-7-19-12)17-13(18)14(16)5-1-6-14/h2-3,8,11H,1,4-7,16H2,(H,17,18). The lowest BCUT2D eigenvalue weighted by Gasteiger charge is -2.38. The maximum atomic E-state index is 13.4. The van der Waals surface area contributed by atoms with E-state index in [9.17, 15) is 9.18 Å². The molecule has 0 saturated heterocycles. The molecule has 5 heteroatoms. The molecule has 3 nitrogen and oxygen atoms in total. The van der Waals surface area contributed by atoms with Gasteiger partial charge in [-0.1, -0.05) is 0 Å². The van der Waals surface area contributed by atoms with E-state index in [-0.39, 0.29) is 17.8 Å². The van der Waals surface area contributed by atoms with Gasteiger partial charge >= 0.3 is 0 Å². The van der Waals surface area contributed by atoms with E-state index in [4.69, 9.17) is 5.73 Å². The van der Waals surface area contributed by atoms with Gasteiger partial charge in [-0.25, -0.2) is 4.39 Å². The summed E-state index contributed by atoms with van der Waals surface area (Å²) in [6.45, 7) is 0. The van der Waals surface area contributed by atoms with Crippen molar-refractivity contribution in [2.75, 3.05) is 5.75 Å². The van der Waals surface area contributed by atoms with Crippen LogP contribution in [0.2, 0.25) is 0 Å². The van der Waals surface area contributed by atoms with Crippen LogP contribution in [0.25, 0.3) is 0 Å². The third kappa shape index (κ3) is 2.37. The molecule has 0 bridgehead atoms. The fourth-order valence-corrected chi connectivity index (χ4v) is 3.71. The highest BCUT2D eigenvalue weighted by Crippen LogP contribution is 2.37. The summed E-state index contributed by atoms with van der Waals surface area (Å²) in [5, 5.41) is 3.00. The molecule has 1 fully saturated rings. The Morgan fingerprint density at radius 3 is 2.95 bits per heavy atom. The summed E-state index contributed by atoms with van der Waals surface area (Å²) in [5.74, 6) is 0.582. The Morgan fingerprint density at radius 1 is 1.47 bits per heavy atom. The summed E-state index contributed by atoms with van der Waals surface area (Å²) in [6, 6.07) is 4.67. The Balaban J connectivity index is 1.80. The van der Waals surface area contributed by atoms with Crippen LogP contribution >= 0.6 is 11.8 Å².